The Morgan fingerprint density at radius 2 is 1.57 bits per heavy atom. The number of benzene rings is 4. The average Bonchev–Trinajstić information content (AvgIpc) is 3.32. The molecule has 0 saturated heterocycles. The van der Waals surface area contributed by atoms with Crippen LogP contribution in [0.25, 0.3) is 22.6 Å². The van der Waals surface area contributed by atoms with Gasteiger partial charge in [0, 0.05) is 40.7 Å². The van der Waals surface area contributed by atoms with Crippen LogP contribution in [0.2, 0.25) is 0 Å². The number of nitrogens with zero attached hydrogens (tertiary/aromatic N) is 4. The summed E-state index contributed by atoms with van der Waals surface area (Å²) in [5, 5.41) is 0. The largest absolute Gasteiger partial charge is 0.436 e. The quantitative estimate of drug-likeness (QED) is 0.234. The fraction of sp³-hybridized carbons (Fsp3) is 0.103. The molecule has 0 radical (unpaired) electrons. The zero-order chi connectivity index (χ0) is 23.4. The van der Waals surface area contributed by atoms with E-state index < -0.39 is 0 Å². The minimum atomic E-state index is 0.626. The third-order valence-corrected chi connectivity index (χ3v) is 7.15. The fourth-order valence-electron chi connectivity index (χ4n) is 4.98. The Kier molecular flexibility index (Phi) is 4.74. The number of para-hydroxylation sites is 2. The molecule has 2 aliphatic rings. The first kappa shape index (κ1) is 20.5. The Hall–Kier alpha value is -3.90. The van der Waals surface area contributed by atoms with Crippen LogP contribution in [0.1, 0.15) is 16.7 Å². The smallest absolute Gasteiger partial charge is 0.227 e. The molecule has 0 spiro atoms. The maximum Gasteiger partial charge on any atom is 0.227 e. The van der Waals surface area contributed by atoms with Crippen molar-refractivity contribution in [2.24, 2.45) is 4.99 Å². The molecule has 0 aliphatic carbocycles. The summed E-state index contributed by atoms with van der Waals surface area (Å²) in [7, 11) is 0. The van der Waals surface area contributed by atoms with Gasteiger partial charge in [0.05, 0.1) is 12.4 Å². The Bertz CT molecular complexity index is 1570. The monoisotopic (exact) mass is 520 g/mol. The maximum atomic E-state index is 5.88. The molecule has 0 unspecified atom stereocenters. The van der Waals surface area contributed by atoms with Crippen molar-refractivity contribution in [3.8, 4) is 11.5 Å². The van der Waals surface area contributed by atoms with E-state index in [0.29, 0.717) is 5.89 Å². The third-order valence-electron chi connectivity index (χ3n) is 6.66. The highest BCUT2D eigenvalue weighted by Crippen LogP contribution is 2.39. The van der Waals surface area contributed by atoms with Crippen LogP contribution >= 0.6 is 15.9 Å². The molecule has 170 valence electrons. The summed E-state index contributed by atoms with van der Waals surface area (Å²) in [4.78, 5) is 14.2. The number of anilines is 2. The molecule has 1 aromatic heterocycles. The molecule has 0 saturated carbocycles. The van der Waals surface area contributed by atoms with Crippen molar-refractivity contribution in [1.82, 2.24) is 4.98 Å². The lowest BCUT2D eigenvalue weighted by Crippen LogP contribution is -2.46. The van der Waals surface area contributed by atoms with E-state index in [1.54, 1.807) is 0 Å². The summed E-state index contributed by atoms with van der Waals surface area (Å²) < 4.78 is 7.01. The number of oxazole rings is 1. The van der Waals surface area contributed by atoms with Gasteiger partial charge in [-0.25, -0.2) is 4.98 Å². The van der Waals surface area contributed by atoms with Crippen molar-refractivity contribution in [1.29, 1.82) is 0 Å². The molecule has 4 aromatic carbocycles. The van der Waals surface area contributed by atoms with Gasteiger partial charge >= 0.3 is 0 Å². The van der Waals surface area contributed by atoms with Gasteiger partial charge in [-0.05, 0) is 83.4 Å². The molecule has 5 aromatic rings. The lowest BCUT2D eigenvalue weighted by Gasteiger charge is -2.44. The number of aliphatic imine (C=N–C) groups is 1. The Morgan fingerprint density at radius 3 is 2.37 bits per heavy atom. The zero-order valence-corrected chi connectivity index (χ0v) is 20.4. The molecule has 35 heavy (non-hydrogen) atoms. The Morgan fingerprint density at radius 1 is 0.829 bits per heavy atom. The minimum absolute atomic E-state index is 0.626. The molecule has 0 fully saturated rings. The lowest BCUT2D eigenvalue weighted by molar-refractivity contribution is 0.620. The van der Waals surface area contributed by atoms with Crippen molar-refractivity contribution in [2.45, 2.75) is 13.1 Å². The van der Waals surface area contributed by atoms with Gasteiger partial charge in [-0.15, -0.1) is 0 Å². The SMILES string of the molecule is Brc1ccc2c(c1)CN1CN2Cc2cc(/C=N/c3ccc(-c4nc5ccccc5o4)cc3)ccc21. The molecule has 7 rings (SSSR count). The highest BCUT2D eigenvalue weighted by Gasteiger charge is 2.29. The van der Waals surface area contributed by atoms with E-state index in [-0.39, 0.29) is 0 Å². The average molecular weight is 521 g/mol. The van der Waals surface area contributed by atoms with Gasteiger partial charge in [0.25, 0.3) is 0 Å². The summed E-state index contributed by atoms with van der Waals surface area (Å²) in [6.45, 7) is 2.76. The molecule has 0 amide bonds. The lowest BCUT2D eigenvalue weighted by atomic mass is 10.0. The van der Waals surface area contributed by atoms with Crippen LogP contribution in [0.15, 0.2) is 98.8 Å². The van der Waals surface area contributed by atoms with E-state index in [0.717, 1.165) is 52.1 Å². The number of fused-ring (bicyclic) bond motifs is 7. The third kappa shape index (κ3) is 3.70. The van der Waals surface area contributed by atoms with Gasteiger partial charge in [0.1, 0.15) is 5.52 Å². The highest BCUT2D eigenvalue weighted by atomic mass is 79.9. The topological polar surface area (TPSA) is 44.9 Å². The van der Waals surface area contributed by atoms with Crippen LogP contribution in [-0.4, -0.2) is 17.9 Å². The van der Waals surface area contributed by atoms with Crippen LogP contribution in [-0.2, 0) is 13.1 Å². The van der Waals surface area contributed by atoms with E-state index >= 15 is 0 Å². The van der Waals surface area contributed by atoms with E-state index in [9.17, 15) is 0 Å². The second kappa shape index (κ2) is 8.10. The van der Waals surface area contributed by atoms with E-state index in [4.69, 9.17) is 9.41 Å². The molecule has 6 heteroatoms. The molecular formula is C29H21BrN4O. The predicted molar refractivity (Wildman–Crippen MR) is 145 cm³/mol. The van der Waals surface area contributed by atoms with Crippen molar-refractivity contribution in [2.75, 3.05) is 16.5 Å². The second-order valence-electron chi connectivity index (χ2n) is 8.99. The molecule has 3 heterocycles. The molecular weight excluding hydrogens is 500 g/mol. The Balaban J connectivity index is 1.11. The minimum Gasteiger partial charge on any atom is -0.436 e. The predicted octanol–water partition coefficient (Wildman–Crippen LogP) is 7.31. The summed E-state index contributed by atoms with van der Waals surface area (Å²) in [6.07, 6.45) is 1.94. The van der Waals surface area contributed by atoms with Crippen molar-refractivity contribution in [3.05, 3.63) is 106 Å². The van der Waals surface area contributed by atoms with Gasteiger partial charge < -0.3 is 14.2 Å². The van der Waals surface area contributed by atoms with Gasteiger partial charge in [0.15, 0.2) is 5.58 Å². The standard InChI is InChI=1S/C29H21BrN4O/c30-23-8-12-27-22(14-23)17-34-18-33(27)16-21-13-19(5-11-26(21)34)15-31-24-9-6-20(7-10-24)29-32-25-3-1-2-4-28(25)35-29/h1-15H,16-18H2/b31-15+. The van der Waals surface area contributed by atoms with Gasteiger partial charge in [-0.3, -0.25) is 4.99 Å². The highest BCUT2D eigenvalue weighted by molar-refractivity contribution is 9.10. The molecule has 0 N–H and O–H groups in total. The van der Waals surface area contributed by atoms with E-state index in [1.807, 2.05) is 54.7 Å². The zero-order valence-electron chi connectivity index (χ0n) is 18.9. The Labute approximate surface area is 211 Å². The normalized spacial score (nSPS) is 14.4. The number of hydrogen-bond donors (Lipinski definition) is 0. The van der Waals surface area contributed by atoms with Crippen molar-refractivity contribution in [3.63, 3.8) is 0 Å². The molecule has 5 nitrogen and oxygen atoms in total. The summed E-state index contributed by atoms with van der Waals surface area (Å²) in [5.74, 6) is 0.626. The first-order chi connectivity index (χ1) is 17.2. The molecule has 2 aliphatic heterocycles. The number of halogens is 1. The van der Waals surface area contributed by atoms with Crippen LogP contribution in [0.4, 0.5) is 17.1 Å². The van der Waals surface area contributed by atoms with E-state index in [1.165, 1.54) is 22.5 Å². The van der Waals surface area contributed by atoms with E-state index in [2.05, 4.69) is 67.1 Å². The van der Waals surface area contributed by atoms with Crippen LogP contribution < -0.4 is 9.80 Å². The second-order valence-corrected chi connectivity index (χ2v) is 9.91. The maximum absolute atomic E-state index is 5.88. The first-order valence-corrected chi connectivity index (χ1v) is 12.4. The van der Waals surface area contributed by atoms with Gasteiger partial charge in [0.2, 0.25) is 5.89 Å². The van der Waals surface area contributed by atoms with Gasteiger partial charge in [-0.2, -0.15) is 0 Å². The first-order valence-electron chi connectivity index (χ1n) is 11.6. The summed E-state index contributed by atoms with van der Waals surface area (Å²) in [5.41, 5.74) is 9.94. The summed E-state index contributed by atoms with van der Waals surface area (Å²) >= 11 is 3.61. The van der Waals surface area contributed by atoms with Crippen LogP contribution in [0.3, 0.4) is 0 Å². The van der Waals surface area contributed by atoms with Crippen molar-refractivity contribution < 1.29 is 4.42 Å². The fourth-order valence-corrected chi connectivity index (χ4v) is 5.39. The molecule has 0 atom stereocenters. The van der Waals surface area contributed by atoms with Crippen molar-refractivity contribution >= 4 is 50.3 Å². The van der Waals surface area contributed by atoms with Crippen LogP contribution in [0, 0.1) is 0 Å². The number of hydrogen-bond acceptors (Lipinski definition) is 5. The summed E-state index contributed by atoms with van der Waals surface area (Å²) in [6, 6.07) is 29.0. The number of rotatable bonds is 3. The number of aromatic nitrogens is 1. The van der Waals surface area contributed by atoms with Gasteiger partial charge in [-0.1, -0.05) is 34.1 Å². The molecule has 2 bridgehead atoms. The van der Waals surface area contributed by atoms with Crippen LogP contribution in [0.5, 0.6) is 0 Å².